The van der Waals surface area contributed by atoms with Gasteiger partial charge in [-0.1, -0.05) is 36.4 Å². The fourth-order valence-corrected chi connectivity index (χ4v) is 2.99. The molecule has 1 amide bonds. The van der Waals surface area contributed by atoms with Crippen molar-refractivity contribution in [2.75, 3.05) is 34.7 Å². The number of likely N-dealkylation sites (N-methyl/N-ethyl adjacent to an activating group) is 2. The maximum Gasteiger partial charge on any atom is 0.242 e. The highest BCUT2D eigenvalue weighted by Gasteiger charge is 2.26. The van der Waals surface area contributed by atoms with E-state index in [2.05, 4.69) is 5.32 Å². The van der Waals surface area contributed by atoms with Gasteiger partial charge in [-0.3, -0.25) is 9.69 Å². The average molecular weight is 361 g/mol. The smallest absolute Gasteiger partial charge is 0.242 e. The van der Waals surface area contributed by atoms with Crippen LogP contribution < -0.4 is 5.32 Å². The number of hydrogen-bond acceptors (Lipinski definition) is 3. The molecule has 0 radical (unpaired) electrons. The molecule has 0 saturated carbocycles. The Balaban J connectivity index is 2.19. The van der Waals surface area contributed by atoms with Gasteiger partial charge in [0, 0.05) is 12.1 Å². The van der Waals surface area contributed by atoms with Gasteiger partial charge in [0.15, 0.2) is 0 Å². The molecule has 0 aliphatic carbocycles. The fraction of sp³-hybridized carbons (Fsp3) is 0.350. The molecule has 0 saturated heterocycles. The summed E-state index contributed by atoms with van der Waals surface area (Å²) in [5, 5.41) is 2.84. The number of benzene rings is 2. The SMILES string of the molecule is CN(C)C(CNC(=O)C(c1ccccc1)N(C)C)c1c(F)cccc1F. The van der Waals surface area contributed by atoms with Crippen LogP contribution in [0.1, 0.15) is 23.2 Å². The van der Waals surface area contributed by atoms with Gasteiger partial charge in [-0.2, -0.15) is 0 Å². The van der Waals surface area contributed by atoms with Gasteiger partial charge in [-0.15, -0.1) is 0 Å². The minimum atomic E-state index is -0.620. The molecule has 4 nitrogen and oxygen atoms in total. The second kappa shape index (κ2) is 8.87. The van der Waals surface area contributed by atoms with E-state index in [1.165, 1.54) is 18.2 Å². The molecule has 2 rings (SSSR count). The Morgan fingerprint density at radius 3 is 2.00 bits per heavy atom. The van der Waals surface area contributed by atoms with E-state index in [-0.39, 0.29) is 18.0 Å². The molecule has 0 spiro atoms. The molecule has 2 atom stereocenters. The molecule has 0 aliphatic rings. The maximum atomic E-state index is 14.1. The van der Waals surface area contributed by atoms with E-state index in [1.807, 2.05) is 44.4 Å². The lowest BCUT2D eigenvalue weighted by atomic mass is 10.0. The van der Waals surface area contributed by atoms with E-state index < -0.39 is 23.7 Å². The van der Waals surface area contributed by atoms with Crippen molar-refractivity contribution in [1.82, 2.24) is 15.1 Å². The summed E-state index contributed by atoms with van der Waals surface area (Å²) in [5.74, 6) is -1.46. The summed E-state index contributed by atoms with van der Waals surface area (Å²) in [7, 11) is 7.08. The van der Waals surface area contributed by atoms with Crippen LogP contribution in [0.15, 0.2) is 48.5 Å². The first kappa shape index (κ1) is 20.0. The monoisotopic (exact) mass is 361 g/mol. The predicted octanol–water partition coefficient (Wildman–Crippen LogP) is 2.99. The Labute approximate surface area is 153 Å². The summed E-state index contributed by atoms with van der Waals surface area (Å²) in [6.45, 7) is 0.0981. The van der Waals surface area contributed by atoms with Crippen LogP contribution in [0.3, 0.4) is 0 Å². The Hall–Kier alpha value is -2.31. The van der Waals surface area contributed by atoms with E-state index in [0.29, 0.717) is 0 Å². The Morgan fingerprint density at radius 2 is 1.50 bits per heavy atom. The van der Waals surface area contributed by atoms with E-state index in [9.17, 15) is 13.6 Å². The van der Waals surface area contributed by atoms with Crippen molar-refractivity contribution in [3.8, 4) is 0 Å². The number of nitrogens with one attached hydrogen (secondary N) is 1. The largest absolute Gasteiger partial charge is 0.353 e. The second-order valence-corrected chi connectivity index (χ2v) is 6.64. The van der Waals surface area contributed by atoms with Gasteiger partial charge in [0.25, 0.3) is 0 Å². The molecule has 2 unspecified atom stereocenters. The number of nitrogens with zero attached hydrogens (tertiary/aromatic N) is 2. The Morgan fingerprint density at radius 1 is 0.923 bits per heavy atom. The summed E-state index contributed by atoms with van der Waals surface area (Å²) < 4.78 is 28.3. The summed E-state index contributed by atoms with van der Waals surface area (Å²) in [6.07, 6.45) is 0. The first-order valence-electron chi connectivity index (χ1n) is 8.42. The molecule has 2 aromatic rings. The van der Waals surface area contributed by atoms with E-state index >= 15 is 0 Å². The molecule has 2 aromatic carbocycles. The van der Waals surface area contributed by atoms with Crippen molar-refractivity contribution in [3.05, 3.63) is 71.3 Å². The maximum absolute atomic E-state index is 14.1. The molecule has 140 valence electrons. The number of amides is 1. The minimum Gasteiger partial charge on any atom is -0.353 e. The number of rotatable bonds is 7. The van der Waals surface area contributed by atoms with E-state index in [4.69, 9.17) is 0 Å². The lowest BCUT2D eigenvalue weighted by Crippen LogP contribution is -2.41. The summed E-state index contributed by atoms with van der Waals surface area (Å²) in [6, 6.07) is 12.1. The van der Waals surface area contributed by atoms with Crippen LogP contribution in [0.25, 0.3) is 0 Å². The number of carbonyl (C=O) groups excluding carboxylic acids is 1. The van der Waals surface area contributed by atoms with Crippen LogP contribution in [0.2, 0.25) is 0 Å². The third-order valence-corrected chi connectivity index (χ3v) is 4.31. The van der Waals surface area contributed by atoms with Crippen molar-refractivity contribution in [1.29, 1.82) is 0 Å². The highest BCUT2D eigenvalue weighted by molar-refractivity contribution is 5.83. The first-order valence-corrected chi connectivity index (χ1v) is 8.42. The molecule has 26 heavy (non-hydrogen) atoms. The highest BCUT2D eigenvalue weighted by atomic mass is 19.1. The quantitative estimate of drug-likeness (QED) is 0.824. The molecule has 0 heterocycles. The van der Waals surface area contributed by atoms with Crippen LogP contribution in [-0.4, -0.2) is 50.4 Å². The van der Waals surface area contributed by atoms with Crippen molar-refractivity contribution in [2.45, 2.75) is 12.1 Å². The van der Waals surface area contributed by atoms with Crippen molar-refractivity contribution >= 4 is 5.91 Å². The zero-order valence-electron chi connectivity index (χ0n) is 15.5. The molecule has 1 N–H and O–H groups in total. The normalized spacial score (nSPS) is 13.7. The zero-order valence-corrected chi connectivity index (χ0v) is 15.5. The summed E-state index contributed by atoms with van der Waals surface area (Å²) in [5.41, 5.74) is 0.812. The third kappa shape index (κ3) is 4.65. The highest BCUT2D eigenvalue weighted by Crippen LogP contribution is 2.24. The topological polar surface area (TPSA) is 35.6 Å². The lowest BCUT2D eigenvalue weighted by Gasteiger charge is -2.28. The molecular formula is C20H25F2N3O. The first-order chi connectivity index (χ1) is 12.3. The van der Waals surface area contributed by atoms with Crippen molar-refractivity contribution in [3.63, 3.8) is 0 Å². The zero-order chi connectivity index (χ0) is 19.3. The summed E-state index contributed by atoms with van der Waals surface area (Å²) in [4.78, 5) is 16.2. The van der Waals surface area contributed by atoms with Crippen LogP contribution >= 0.6 is 0 Å². The predicted molar refractivity (Wildman–Crippen MR) is 98.7 cm³/mol. The van der Waals surface area contributed by atoms with Gasteiger partial charge in [0.1, 0.15) is 17.7 Å². The van der Waals surface area contributed by atoms with Gasteiger partial charge >= 0.3 is 0 Å². The van der Waals surface area contributed by atoms with Gasteiger partial charge < -0.3 is 10.2 Å². The number of halogens is 2. The van der Waals surface area contributed by atoms with E-state index in [0.717, 1.165) is 5.56 Å². The van der Waals surface area contributed by atoms with Gasteiger partial charge in [0.05, 0.1) is 6.04 Å². The van der Waals surface area contributed by atoms with Crippen LogP contribution in [0.5, 0.6) is 0 Å². The molecular weight excluding hydrogens is 336 g/mol. The standard InChI is InChI=1S/C20H25F2N3O/c1-24(2)17(18-15(21)11-8-12-16(18)22)13-23-20(26)19(25(3)4)14-9-6-5-7-10-14/h5-12,17,19H,13H2,1-4H3,(H,23,26). The third-order valence-electron chi connectivity index (χ3n) is 4.31. The van der Waals surface area contributed by atoms with Gasteiger partial charge in [0.2, 0.25) is 5.91 Å². The number of hydrogen-bond donors (Lipinski definition) is 1. The van der Waals surface area contributed by atoms with Gasteiger partial charge in [-0.25, -0.2) is 8.78 Å². The van der Waals surface area contributed by atoms with E-state index in [1.54, 1.807) is 23.9 Å². The summed E-state index contributed by atoms with van der Waals surface area (Å²) >= 11 is 0. The number of carbonyl (C=O) groups is 1. The molecule has 0 bridgehead atoms. The second-order valence-electron chi connectivity index (χ2n) is 6.64. The fourth-order valence-electron chi connectivity index (χ4n) is 2.99. The van der Waals surface area contributed by atoms with Crippen LogP contribution in [-0.2, 0) is 4.79 Å². The minimum absolute atomic E-state index is 0.0427. The molecule has 0 aromatic heterocycles. The van der Waals surface area contributed by atoms with Crippen LogP contribution in [0, 0.1) is 11.6 Å². The Bertz CT molecular complexity index is 715. The van der Waals surface area contributed by atoms with Crippen LogP contribution in [0.4, 0.5) is 8.78 Å². The Kier molecular flexibility index (Phi) is 6.83. The average Bonchev–Trinajstić information content (AvgIpc) is 2.58. The van der Waals surface area contributed by atoms with Crippen molar-refractivity contribution < 1.29 is 13.6 Å². The van der Waals surface area contributed by atoms with Gasteiger partial charge in [-0.05, 0) is 45.9 Å². The lowest BCUT2D eigenvalue weighted by molar-refractivity contribution is -0.126. The molecule has 0 aliphatic heterocycles. The van der Waals surface area contributed by atoms with Crippen molar-refractivity contribution in [2.24, 2.45) is 0 Å². The molecule has 6 heteroatoms. The molecule has 0 fully saturated rings.